The summed E-state index contributed by atoms with van der Waals surface area (Å²) >= 11 is 3.72. The molecule has 1 aromatic carbocycles. The molecule has 0 aliphatic heterocycles. The minimum atomic E-state index is -0.299. The molecule has 0 spiro atoms. The van der Waals surface area contributed by atoms with Crippen LogP contribution in [0.15, 0.2) is 65.7 Å². The molecule has 12 heteroatoms. The molecule has 1 amide bonds. The maximum absolute atomic E-state index is 13.4. The number of amides is 1. The quantitative estimate of drug-likeness (QED) is 0.167. The Kier molecular flexibility index (Phi) is 7.97. The predicted molar refractivity (Wildman–Crippen MR) is 176 cm³/mol. The van der Waals surface area contributed by atoms with Crippen molar-refractivity contribution in [1.29, 1.82) is 0 Å². The summed E-state index contributed by atoms with van der Waals surface area (Å²) in [5.74, 6) is 1.74. The van der Waals surface area contributed by atoms with Crippen molar-refractivity contribution in [2.45, 2.75) is 58.0 Å². The first kappa shape index (κ1) is 30.0. The van der Waals surface area contributed by atoms with Gasteiger partial charge in [-0.2, -0.15) is 4.98 Å². The van der Waals surface area contributed by atoms with Gasteiger partial charge in [0.25, 0.3) is 0 Å². The number of hydrogen-bond donors (Lipinski definition) is 1. The zero-order valence-corrected chi connectivity index (χ0v) is 27.4. The molecule has 2 fully saturated rings. The first-order chi connectivity index (χ1) is 22.2. The number of aromatic nitrogens is 6. The largest absolute Gasteiger partial charge is 0.497 e. The number of methoxy groups -OCH3 is 1. The van der Waals surface area contributed by atoms with E-state index < -0.39 is 0 Å². The van der Waals surface area contributed by atoms with E-state index in [1.807, 2.05) is 48.4 Å². The number of aryl methyl sites for hydroxylation is 1. The molecule has 0 radical (unpaired) electrons. The molecule has 2 unspecified atom stereocenters. The molecule has 2 atom stereocenters. The molecular formula is C34H33BrN8O3. The lowest BCUT2D eigenvalue weighted by atomic mass is 10.2. The van der Waals surface area contributed by atoms with Crippen molar-refractivity contribution in [2.75, 3.05) is 17.3 Å². The highest BCUT2D eigenvalue weighted by Gasteiger charge is 2.46. The molecule has 0 saturated heterocycles. The molecule has 46 heavy (non-hydrogen) atoms. The molecular weight excluding hydrogens is 648 g/mol. The molecule has 5 aromatic rings. The molecule has 4 aromatic heterocycles. The first-order valence-corrected chi connectivity index (χ1v) is 16.1. The van der Waals surface area contributed by atoms with E-state index in [0.717, 1.165) is 32.8 Å². The van der Waals surface area contributed by atoms with E-state index in [2.05, 4.69) is 52.9 Å². The van der Waals surface area contributed by atoms with Crippen molar-refractivity contribution >= 4 is 45.0 Å². The molecule has 7 rings (SSSR count). The number of halogens is 1. The van der Waals surface area contributed by atoms with Gasteiger partial charge in [-0.05, 0) is 90.4 Å². The maximum Gasteiger partial charge on any atom is 0.229 e. The van der Waals surface area contributed by atoms with Gasteiger partial charge in [0.1, 0.15) is 17.4 Å². The van der Waals surface area contributed by atoms with Crippen LogP contribution in [0.1, 0.15) is 76.7 Å². The topological polar surface area (TPSA) is 128 Å². The summed E-state index contributed by atoms with van der Waals surface area (Å²) in [6, 6.07) is 11.8. The average molecular weight is 682 g/mol. The highest BCUT2D eigenvalue weighted by Crippen LogP contribution is 2.46. The number of ether oxygens (including phenoxy) is 1. The van der Waals surface area contributed by atoms with Crippen LogP contribution in [0.3, 0.4) is 0 Å². The Labute approximate surface area is 274 Å². The number of fused-ring (bicyclic) bond motifs is 1. The Morgan fingerprint density at radius 3 is 2.59 bits per heavy atom. The number of carbonyl (C=O) groups excluding carboxylic acids is 2. The van der Waals surface area contributed by atoms with Crippen molar-refractivity contribution in [3.8, 4) is 5.75 Å². The molecule has 234 valence electrons. The Hall–Kier alpha value is -4.71. The van der Waals surface area contributed by atoms with Crippen LogP contribution < -0.4 is 15.0 Å². The van der Waals surface area contributed by atoms with Crippen LogP contribution in [0, 0.1) is 12.8 Å². The van der Waals surface area contributed by atoms with Crippen LogP contribution in [-0.4, -0.2) is 48.1 Å². The molecule has 0 bridgehead atoms. The summed E-state index contributed by atoms with van der Waals surface area (Å²) in [4.78, 5) is 51.1. The molecule has 2 aliphatic carbocycles. The van der Waals surface area contributed by atoms with Crippen LogP contribution >= 0.6 is 15.9 Å². The fourth-order valence-electron chi connectivity index (χ4n) is 5.69. The second-order valence-electron chi connectivity index (χ2n) is 12.0. The van der Waals surface area contributed by atoms with Gasteiger partial charge in [-0.15, -0.1) is 0 Å². The summed E-state index contributed by atoms with van der Waals surface area (Å²) in [6.07, 6.45) is 10.4. The normalized spacial score (nSPS) is 17.1. The van der Waals surface area contributed by atoms with Gasteiger partial charge in [0.15, 0.2) is 11.4 Å². The van der Waals surface area contributed by atoms with Crippen LogP contribution in [0.5, 0.6) is 5.75 Å². The molecule has 4 heterocycles. The highest BCUT2D eigenvalue weighted by atomic mass is 79.9. The molecule has 2 aliphatic rings. The van der Waals surface area contributed by atoms with Gasteiger partial charge < -0.3 is 19.4 Å². The number of hydrogen-bond acceptors (Lipinski definition) is 9. The first-order valence-electron chi connectivity index (χ1n) is 15.3. The molecule has 2 saturated carbocycles. The standard InChI is InChI=1S/C34H33BrN8O3/c1-19-10-11-36-30(38-19)26-13-27(26)33(45)40-31-28(20(2)44)14-37-34(41-31)43(15-21-4-8-25(46-3)9-5-21)18-24-17-42-16-23(22-6-7-22)12-29(35)32(42)39-24/h4-5,8-12,14,16-17,22,26-27H,6-7,13,15,18H2,1-3H3,(H,37,40,41,45). The van der Waals surface area contributed by atoms with E-state index in [4.69, 9.17) is 14.7 Å². The summed E-state index contributed by atoms with van der Waals surface area (Å²) in [5, 5.41) is 2.92. The lowest BCUT2D eigenvalue weighted by Gasteiger charge is -2.23. The Bertz CT molecular complexity index is 1960. The van der Waals surface area contributed by atoms with E-state index in [9.17, 15) is 9.59 Å². The van der Waals surface area contributed by atoms with Crippen LogP contribution in [0.25, 0.3) is 5.65 Å². The second-order valence-corrected chi connectivity index (χ2v) is 12.9. The zero-order chi connectivity index (χ0) is 31.9. The van der Waals surface area contributed by atoms with Crippen molar-refractivity contribution < 1.29 is 14.3 Å². The monoisotopic (exact) mass is 680 g/mol. The fourth-order valence-corrected chi connectivity index (χ4v) is 6.25. The lowest BCUT2D eigenvalue weighted by Crippen LogP contribution is -2.26. The third kappa shape index (κ3) is 6.34. The third-order valence-electron chi connectivity index (χ3n) is 8.46. The van der Waals surface area contributed by atoms with Gasteiger partial charge in [0.2, 0.25) is 11.9 Å². The van der Waals surface area contributed by atoms with E-state index >= 15 is 0 Å². The number of carbonyl (C=O) groups is 2. The second kappa shape index (κ2) is 12.2. The SMILES string of the molecule is COc1ccc(CN(Cc2cn3cc(C4CC4)cc(Br)c3n2)c2ncc(C(C)=O)c(NC(=O)C3CC3c3nccc(C)n3)n2)cc1. The van der Waals surface area contributed by atoms with Gasteiger partial charge in [0, 0.05) is 48.9 Å². The van der Waals surface area contributed by atoms with Gasteiger partial charge in [0.05, 0.1) is 29.4 Å². The minimum absolute atomic E-state index is 0.0663. The lowest BCUT2D eigenvalue weighted by molar-refractivity contribution is -0.117. The summed E-state index contributed by atoms with van der Waals surface area (Å²) < 4.78 is 8.36. The fraction of sp³-hybridized carbons (Fsp3) is 0.324. The Morgan fingerprint density at radius 1 is 1.07 bits per heavy atom. The third-order valence-corrected chi connectivity index (χ3v) is 9.05. The number of Topliss-reactive ketones (excluding diaryl/α,β-unsaturated/α-hetero) is 1. The van der Waals surface area contributed by atoms with E-state index in [1.165, 1.54) is 31.5 Å². The van der Waals surface area contributed by atoms with Crippen LogP contribution in [-0.2, 0) is 17.9 Å². The number of nitrogens with zero attached hydrogens (tertiary/aromatic N) is 7. The number of benzene rings is 1. The number of rotatable bonds is 11. The number of pyridine rings is 1. The van der Waals surface area contributed by atoms with Crippen LogP contribution in [0.2, 0.25) is 0 Å². The number of anilines is 2. The summed E-state index contributed by atoms with van der Waals surface area (Å²) in [5.41, 5.74) is 5.06. The summed E-state index contributed by atoms with van der Waals surface area (Å²) in [7, 11) is 1.63. The van der Waals surface area contributed by atoms with Gasteiger partial charge in [-0.25, -0.2) is 19.9 Å². The average Bonchev–Trinajstić information content (AvgIpc) is 3.98. The van der Waals surface area contributed by atoms with E-state index in [1.54, 1.807) is 13.3 Å². The van der Waals surface area contributed by atoms with Crippen molar-refractivity contribution in [3.05, 3.63) is 99.6 Å². The molecule has 11 nitrogen and oxygen atoms in total. The molecule has 1 N–H and O–H groups in total. The van der Waals surface area contributed by atoms with Gasteiger partial charge >= 0.3 is 0 Å². The Balaban J connectivity index is 1.19. The van der Waals surface area contributed by atoms with Crippen molar-refractivity contribution in [3.63, 3.8) is 0 Å². The maximum atomic E-state index is 13.4. The van der Waals surface area contributed by atoms with E-state index in [-0.39, 0.29) is 34.9 Å². The predicted octanol–water partition coefficient (Wildman–Crippen LogP) is 6.02. The number of ketones is 1. The summed E-state index contributed by atoms with van der Waals surface area (Å²) in [6.45, 7) is 4.18. The van der Waals surface area contributed by atoms with Crippen LogP contribution in [0.4, 0.5) is 11.8 Å². The van der Waals surface area contributed by atoms with Crippen molar-refractivity contribution in [1.82, 2.24) is 29.3 Å². The Morgan fingerprint density at radius 2 is 1.87 bits per heavy atom. The van der Waals surface area contributed by atoms with Gasteiger partial charge in [-0.3, -0.25) is 9.59 Å². The minimum Gasteiger partial charge on any atom is -0.497 e. The number of nitrogens with one attached hydrogen (secondary N) is 1. The number of imidazole rings is 1. The van der Waals surface area contributed by atoms with E-state index in [0.29, 0.717) is 37.2 Å². The smallest absolute Gasteiger partial charge is 0.229 e. The highest BCUT2D eigenvalue weighted by molar-refractivity contribution is 9.10. The van der Waals surface area contributed by atoms with Crippen molar-refractivity contribution in [2.24, 2.45) is 5.92 Å². The van der Waals surface area contributed by atoms with Gasteiger partial charge in [-0.1, -0.05) is 12.1 Å². The zero-order valence-electron chi connectivity index (χ0n) is 25.8.